The summed E-state index contributed by atoms with van der Waals surface area (Å²) in [7, 11) is 1.74. The molecule has 1 fully saturated rings. The smallest absolute Gasteiger partial charge is 0.317 e. The molecule has 0 saturated carbocycles. The van der Waals surface area contributed by atoms with Crippen LogP contribution in [-0.4, -0.2) is 49.1 Å². The highest BCUT2D eigenvalue weighted by molar-refractivity contribution is 7.10. The molecule has 1 N–H and O–H groups in total. The summed E-state index contributed by atoms with van der Waals surface area (Å²) in [5.74, 6) is -0.151. The molecule has 0 aromatic carbocycles. The molecule has 0 spiro atoms. The van der Waals surface area contributed by atoms with Gasteiger partial charge in [-0.25, -0.2) is 4.79 Å². The van der Waals surface area contributed by atoms with Gasteiger partial charge in [-0.05, 0) is 44.3 Å². The van der Waals surface area contributed by atoms with Crippen molar-refractivity contribution in [3.8, 4) is 6.07 Å². The van der Waals surface area contributed by atoms with Crippen LogP contribution in [0, 0.1) is 17.2 Å². The van der Waals surface area contributed by atoms with Gasteiger partial charge in [0.25, 0.3) is 0 Å². The number of nitrogens with zero attached hydrogens (tertiary/aromatic N) is 3. The van der Waals surface area contributed by atoms with Crippen LogP contribution in [0.5, 0.6) is 0 Å². The minimum atomic E-state index is -0.151. The van der Waals surface area contributed by atoms with Crippen LogP contribution in [-0.2, 0) is 0 Å². The molecule has 0 radical (unpaired) electrons. The Bertz CT molecular complexity index is 505. The van der Waals surface area contributed by atoms with E-state index in [1.165, 1.54) is 17.7 Å². The molecule has 2 heterocycles. The van der Waals surface area contributed by atoms with Gasteiger partial charge in [0.15, 0.2) is 0 Å². The predicted octanol–water partition coefficient (Wildman–Crippen LogP) is 2.69. The van der Waals surface area contributed by atoms with Crippen LogP contribution >= 0.6 is 11.3 Å². The van der Waals surface area contributed by atoms with Crippen molar-refractivity contribution in [3.05, 3.63) is 22.4 Å². The monoisotopic (exact) mass is 320 g/mol. The summed E-state index contributed by atoms with van der Waals surface area (Å²) in [6.07, 6.45) is 2.46. The van der Waals surface area contributed by atoms with Crippen molar-refractivity contribution >= 4 is 17.4 Å². The standard InChI is InChI=1S/C16H24N4OS/c1-13(10-17)12-19(2)16(21)18-11-14(15-6-5-9-22-15)20-7-3-4-8-20/h5-6,9,13-14H,3-4,7-8,11-12H2,1-2H3,(H,18,21)/t13-,14+/m0/s1. The molecule has 120 valence electrons. The minimum absolute atomic E-state index is 0.108. The van der Waals surface area contributed by atoms with Gasteiger partial charge in [0.05, 0.1) is 18.0 Å². The second-order valence-electron chi connectivity index (χ2n) is 5.87. The van der Waals surface area contributed by atoms with Crippen LogP contribution in [0.2, 0.25) is 0 Å². The Morgan fingerprint density at radius 1 is 1.55 bits per heavy atom. The molecule has 2 rings (SSSR count). The third-order valence-electron chi connectivity index (χ3n) is 4.01. The molecule has 1 aromatic rings. The summed E-state index contributed by atoms with van der Waals surface area (Å²) in [5.41, 5.74) is 0. The third-order valence-corrected chi connectivity index (χ3v) is 4.99. The Kier molecular flexibility index (Phi) is 6.22. The van der Waals surface area contributed by atoms with Gasteiger partial charge in [0.1, 0.15) is 0 Å². The van der Waals surface area contributed by atoms with Crippen molar-refractivity contribution in [2.75, 3.05) is 33.2 Å². The number of carbonyl (C=O) groups is 1. The molecule has 6 heteroatoms. The average Bonchev–Trinajstić information content (AvgIpc) is 3.20. The number of nitriles is 1. The van der Waals surface area contributed by atoms with Crippen LogP contribution in [0.25, 0.3) is 0 Å². The lowest BCUT2D eigenvalue weighted by molar-refractivity contribution is 0.195. The van der Waals surface area contributed by atoms with Gasteiger partial charge >= 0.3 is 6.03 Å². The second-order valence-corrected chi connectivity index (χ2v) is 6.85. The molecule has 1 saturated heterocycles. The highest BCUT2D eigenvalue weighted by Crippen LogP contribution is 2.27. The minimum Gasteiger partial charge on any atom is -0.336 e. The zero-order chi connectivity index (χ0) is 15.9. The number of urea groups is 1. The van der Waals surface area contributed by atoms with Crippen LogP contribution in [0.4, 0.5) is 4.79 Å². The fraction of sp³-hybridized carbons (Fsp3) is 0.625. The zero-order valence-corrected chi connectivity index (χ0v) is 14.1. The van der Waals surface area contributed by atoms with E-state index in [1.54, 1.807) is 23.3 Å². The summed E-state index contributed by atoms with van der Waals surface area (Å²) in [4.78, 5) is 17.5. The molecule has 2 atom stereocenters. The Morgan fingerprint density at radius 3 is 2.86 bits per heavy atom. The molecule has 0 bridgehead atoms. The Hall–Kier alpha value is -1.58. The van der Waals surface area contributed by atoms with Gasteiger partial charge in [-0.15, -0.1) is 11.3 Å². The fourth-order valence-electron chi connectivity index (χ4n) is 2.80. The van der Waals surface area contributed by atoms with Gasteiger partial charge < -0.3 is 10.2 Å². The first-order valence-electron chi connectivity index (χ1n) is 7.78. The van der Waals surface area contributed by atoms with Crippen LogP contribution in [0.1, 0.15) is 30.7 Å². The number of nitrogens with one attached hydrogen (secondary N) is 1. The van der Waals surface area contributed by atoms with Crippen LogP contribution in [0.3, 0.4) is 0 Å². The van der Waals surface area contributed by atoms with E-state index in [9.17, 15) is 4.79 Å². The van der Waals surface area contributed by atoms with E-state index in [0.717, 1.165) is 13.1 Å². The Labute approximate surface area is 136 Å². The van der Waals surface area contributed by atoms with Crippen molar-refractivity contribution in [2.45, 2.75) is 25.8 Å². The molecular weight excluding hydrogens is 296 g/mol. The lowest BCUT2D eigenvalue weighted by atomic mass is 10.2. The number of thiophene rings is 1. The maximum Gasteiger partial charge on any atom is 0.317 e. The van der Waals surface area contributed by atoms with Crippen molar-refractivity contribution in [2.24, 2.45) is 5.92 Å². The van der Waals surface area contributed by atoms with Gasteiger partial charge in [-0.3, -0.25) is 4.90 Å². The highest BCUT2D eigenvalue weighted by atomic mass is 32.1. The van der Waals surface area contributed by atoms with Crippen LogP contribution < -0.4 is 5.32 Å². The molecule has 1 aliphatic heterocycles. The molecular formula is C16H24N4OS. The number of carbonyl (C=O) groups excluding carboxylic acids is 1. The topological polar surface area (TPSA) is 59.4 Å². The van der Waals surface area contributed by atoms with Crippen molar-refractivity contribution in [3.63, 3.8) is 0 Å². The largest absolute Gasteiger partial charge is 0.336 e. The molecule has 1 aromatic heterocycles. The van der Waals surface area contributed by atoms with Gasteiger partial charge in [-0.1, -0.05) is 6.07 Å². The summed E-state index contributed by atoms with van der Waals surface area (Å²) >= 11 is 1.74. The quantitative estimate of drug-likeness (QED) is 0.876. The van der Waals surface area contributed by atoms with E-state index in [2.05, 4.69) is 33.8 Å². The molecule has 0 aliphatic carbocycles. The van der Waals surface area contributed by atoms with Crippen molar-refractivity contribution in [1.82, 2.24) is 15.1 Å². The first kappa shape index (κ1) is 16.8. The summed E-state index contributed by atoms with van der Waals surface area (Å²) in [6.45, 7) is 5.09. The van der Waals surface area contributed by atoms with E-state index in [1.807, 2.05) is 6.92 Å². The molecule has 1 aliphatic rings. The first-order valence-corrected chi connectivity index (χ1v) is 8.66. The fourth-order valence-corrected chi connectivity index (χ4v) is 3.66. The maximum absolute atomic E-state index is 12.2. The average molecular weight is 320 g/mol. The SMILES string of the molecule is C[C@@H](C#N)CN(C)C(=O)NC[C@H](c1cccs1)N1CCCC1. The highest BCUT2D eigenvalue weighted by Gasteiger charge is 2.25. The lowest BCUT2D eigenvalue weighted by Crippen LogP contribution is -2.43. The van der Waals surface area contributed by atoms with Crippen molar-refractivity contribution in [1.29, 1.82) is 5.26 Å². The van der Waals surface area contributed by atoms with E-state index in [4.69, 9.17) is 5.26 Å². The second kappa shape index (κ2) is 8.16. The Morgan fingerprint density at radius 2 is 2.27 bits per heavy atom. The Balaban J connectivity index is 1.91. The van der Waals surface area contributed by atoms with E-state index in [0.29, 0.717) is 13.1 Å². The first-order chi connectivity index (χ1) is 10.6. The third kappa shape index (κ3) is 4.46. The lowest BCUT2D eigenvalue weighted by Gasteiger charge is -2.28. The van der Waals surface area contributed by atoms with Gasteiger partial charge in [0, 0.05) is 25.0 Å². The number of amides is 2. The maximum atomic E-state index is 12.2. The van der Waals surface area contributed by atoms with E-state index < -0.39 is 0 Å². The summed E-state index contributed by atoms with van der Waals surface area (Å²) in [6, 6.07) is 6.50. The van der Waals surface area contributed by atoms with E-state index >= 15 is 0 Å². The molecule has 0 unspecified atom stereocenters. The predicted molar refractivity (Wildman–Crippen MR) is 88.7 cm³/mol. The number of hydrogen-bond acceptors (Lipinski definition) is 4. The normalized spacial score (nSPS) is 17.7. The number of hydrogen-bond donors (Lipinski definition) is 1. The zero-order valence-electron chi connectivity index (χ0n) is 13.3. The van der Waals surface area contributed by atoms with Crippen molar-refractivity contribution < 1.29 is 4.79 Å². The summed E-state index contributed by atoms with van der Waals surface area (Å²) < 4.78 is 0. The number of likely N-dealkylation sites (tertiary alicyclic amines) is 1. The van der Waals surface area contributed by atoms with E-state index in [-0.39, 0.29) is 18.0 Å². The molecule has 22 heavy (non-hydrogen) atoms. The molecule has 5 nitrogen and oxygen atoms in total. The number of rotatable bonds is 6. The molecule has 2 amide bonds. The summed E-state index contributed by atoms with van der Waals surface area (Å²) in [5, 5.41) is 13.9. The van der Waals surface area contributed by atoms with Crippen LogP contribution in [0.15, 0.2) is 17.5 Å². The van der Waals surface area contributed by atoms with Gasteiger partial charge in [-0.2, -0.15) is 5.26 Å². The van der Waals surface area contributed by atoms with Gasteiger partial charge in [0.2, 0.25) is 0 Å².